The molecule has 1 spiro atoms. The van der Waals surface area contributed by atoms with E-state index in [0.717, 1.165) is 16.6 Å². The number of aromatic nitrogens is 2. The first-order chi connectivity index (χ1) is 12.9. The van der Waals surface area contributed by atoms with Crippen molar-refractivity contribution in [2.45, 2.75) is 18.4 Å². The number of H-pyrrole nitrogens is 1. The van der Waals surface area contributed by atoms with E-state index >= 15 is 0 Å². The van der Waals surface area contributed by atoms with E-state index < -0.39 is 5.54 Å². The smallest absolute Gasteiger partial charge is 0.325 e. The highest BCUT2D eigenvalue weighted by Crippen LogP contribution is 2.35. The molecule has 2 saturated heterocycles. The number of anilines is 1. The van der Waals surface area contributed by atoms with Crippen molar-refractivity contribution in [3.63, 3.8) is 0 Å². The van der Waals surface area contributed by atoms with E-state index in [1.165, 1.54) is 4.90 Å². The van der Waals surface area contributed by atoms with Gasteiger partial charge in [-0.1, -0.05) is 11.6 Å². The summed E-state index contributed by atoms with van der Waals surface area (Å²) in [5.74, 6) is -0.103. The van der Waals surface area contributed by atoms with Gasteiger partial charge < -0.3 is 15.1 Å². The number of fused-ring (bicyclic) bond motifs is 1. The molecular formula is C18H23ClN6O2. The molecule has 2 aliphatic rings. The molecule has 9 heteroatoms. The number of nitrogens with one attached hydrogen (secondary N) is 2. The lowest BCUT2D eigenvalue weighted by Crippen LogP contribution is -2.55. The molecule has 0 atom stereocenters. The van der Waals surface area contributed by atoms with Crippen molar-refractivity contribution >= 4 is 40.1 Å². The van der Waals surface area contributed by atoms with Crippen LogP contribution in [0, 0.1) is 0 Å². The quantitative estimate of drug-likeness (QED) is 0.776. The summed E-state index contributed by atoms with van der Waals surface area (Å²) in [7, 11) is 3.85. The molecule has 2 fully saturated rings. The highest BCUT2D eigenvalue weighted by atomic mass is 35.5. The van der Waals surface area contributed by atoms with Crippen LogP contribution in [0.25, 0.3) is 10.9 Å². The van der Waals surface area contributed by atoms with Crippen LogP contribution in [0.15, 0.2) is 18.3 Å². The van der Waals surface area contributed by atoms with Crippen LogP contribution in [0.3, 0.4) is 0 Å². The topological polar surface area (TPSA) is 84.6 Å². The van der Waals surface area contributed by atoms with E-state index in [4.69, 9.17) is 11.6 Å². The molecule has 8 nitrogen and oxygen atoms in total. The SMILES string of the molecule is CN(C)CCN1C(=O)NC2(CCN(c3cc(Cl)cc4[nH]ncc34)CC2)C1=O. The molecule has 1 aromatic heterocycles. The Balaban J connectivity index is 1.51. The number of carbonyl (C=O) groups is 2. The van der Waals surface area contributed by atoms with Gasteiger partial charge in [-0.2, -0.15) is 5.10 Å². The molecule has 0 bridgehead atoms. The Morgan fingerprint density at radius 2 is 2.00 bits per heavy atom. The molecule has 0 aliphatic carbocycles. The highest BCUT2D eigenvalue weighted by molar-refractivity contribution is 6.31. The third kappa shape index (κ3) is 3.12. The average molecular weight is 391 g/mol. The number of hydrogen-bond donors (Lipinski definition) is 2. The lowest BCUT2D eigenvalue weighted by atomic mass is 9.87. The second-order valence-electron chi connectivity index (χ2n) is 7.52. The zero-order chi connectivity index (χ0) is 19.2. The van der Waals surface area contributed by atoms with Crippen LogP contribution in [0.5, 0.6) is 0 Å². The molecule has 2 N–H and O–H groups in total. The number of urea groups is 1. The van der Waals surface area contributed by atoms with E-state index in [9.17, 15) is 9.59 Å². The third-order valence-corrected chi connectivity index (χ3v) is 5.69. The minimum Gasteiger partial charge on any atom is -0.371 e. The molecule has 1 aromatic carbocycles. The maximum atomic E-state index is 12.9. The standard InChI is InChI=1S/C18H23ClN6O2/c1-23(2)7-8-25-16(26)18(21-17(25)27)3-5-24(6-4-18)15-10-12(19)9-14-13(15)11-20-22-14/h9-11H,3-8H2,1-2H3,(H,20,22)(H,21,27). The summed E-state index contributed by atoms with van der Waals surface area (Å²) in [4.78, 5) is 30.8. The monoisotopic (exact) mass is 390 g/mol. The molecule has 4 rings (SSSR count). The first-order valence-electron chi connectivity index (χ1n) is 9.06. The van der Waals surface area contributed by atoms with Crippen LogP contribution >= 0.6 is 11.6 Å². The Hall–Kier alpha value is -2.32. The number of piperidine rings is 1. The van der Waals surface area contributed by atoms with Crippen molar-refractivity contribution in [1.82, 2.24) is 25.3 Å². The van der Waals surface area contributed by atoms with Crippen molar-refractivity contribution < 1.29 is 9.59 Å². The van der Waals surface area contributed by atoms with Gasteiger partial charge in [0.2, 0.25) is 0 Å². The maximum Gasteiger partial charge on any atom is 0.325 e. The number of carbonyl (C=O) groups excluding carboxylic acids is 2. The summed E-state index contributed by atoms with van der Waals surface area (Å²) < 4.78 is 0. The first-order valence-corrected chi connectivity index (χ1v) is 9.44. The van der Waals surface area contributed by atoms with E-state index in [1.54, 1.807) is 6.20 Å². The summed E-state index contributed by atoms with van der Waals surface area (Å²) in [6.07, 6.45) is 2.93. The van der Waals surface area contributed by atoms with Gasteiger partial charge in [-0.25, -0.2) is 4.79 Å². The zero-order valence-corrected chi connectivity index (χ0v) is 16.2. The molecule has 2 aliphatic heterocycles. The van der Waals surface area contributed by atoms with Gasteiger partial charge in [-0.15, -0.1) is 0 Å². The summed E-state index contributed by atoms with van der Waals surface area (Å²) in [5.41, 5.74) is 1.11. The number of imide groups is 1. The molecule has 144 valence electrons. The Morgan fingerprint density at radius 1 is 1.26 bits per heavy atom. The minimum atomic E-state index is -0.784. The number of benzene rings is 1. The molecule has 2 aromatic rings. The van der Waals surface area contributed by atoms with Gasteiger partial charge >= 0.3 is 6.03 Å². The number of nitrogens with zero attached hydrogens (tertiary/aromatic N) is 4. The predicted octanol–water partition coefficient (Wildman–Crippen LogP) is 1.67. The fourth-order valence-electron chi connectivity index (χ4n) is 3.91. The van der Waals surface area contributed by atoms with Crippen molar-refractivity contribution in [2.24, 2.45) is 0 Å². The third-order valence-electron chi connectivity index (χ3n) is 5.48. The van der Waals surface area contributed by atoms with Gasteiger partial charge in [0.05, 0.1) is 11.7 Å². The normalized spacial score (nSPS) is 19.6. The Bertz CT molecular complexity index is 887. The lowest BCUT2D eigenvalue weighted by Gasteiger charge is -2.38. The van der Waals surface area contributed by atoms with E-state index in [1.807, 2.05) is 31.1 Å². The van der Waals surface area contributed by atoms with Gasteiger partial charge in [0.25, 0.3) is 5.91 Å². The predicted molar refractivity (Wildman–Crippen MR) is 104 cm³/mol. The minimum absolute atomic E-state index is 0.103. The van der Waals surface area contributed by atoms with E-state index in [0.29, 0.717) is 44.0 Å². The molecule has 0 saturated carbocycles. The Morgan fingerprint density at radius 3 is 2.70 bits per heavy atom. The molecule has 0 unspecified atom stereocenters. The van der Waals surface area contributed by atoms with Crippen molar-refractivity contribution in [3.8, 4) is 0 Å². The van der Waals surface area contributed by atoms with Crippen LogP contribution in [-0.4, -0.2) is 77.7 Å². The Labute approximate surface area is 162 Å². The van der Waals surface area contributed by atoms with Gasteiger partial charge in [0.1, 0.15) is 5.54 Å². The lowest BCUT2D eigenvalue weighted by molar-refractivity contribution is -0.132. The molecule has 3 heterocycles. The molecule has 0 radical (unpaired) electrons. The van der Waals surface area contributed by atoms with Crippen molar-refractivity contribution in [1.29, 1.82) is 0 Å². The summed E-state index contributed by atoms with van der Waals surface area (Å²) in [5, 5.41) is 11.7. The number of amides is 3. The van der Waals surface area contributed by atoms with Gasteiger partial charge in [0.15, 0.2) is 0 Å². The second-order valence-corrected chi connectivity index (χ2v) is 7.95. The van der Waals surface area contributed by atoms with Crippen molar-refractivity contribution in [2.75, 3.05) is 45.2 Å². The van der Waals surface area contributed by atoms with Crippen LogP contribution < -0.4 is 10.2 Å². The summed E-state index contributed by atoms with van der Waals surface area (Å²) >= 11 is 6.25. The largest absolute Gasteiger partial charge is 0.371 e. The fraction of sp³-hybridized carbons (Fsp3) is 0.500. The fourth-order valence-corrected chi connectivity index (χ4v) is 4.12. The number of rotatable bonds is 4. The summed E-state index contributed by atoms with van der Waals surface area (Å²) in [6.45, 7) is 2.39. The number of hydrogen-bond acceptors (Lipinski definition) is 5. The Kier molecular flexibility index (Phi) is 4.47. The van der Waals surface area contributed by atoms with Gasteiger partial charge in [-0.3, -0.25) is 14.8 Å². The molecule has 27 heavy (non-hydrogen) atoms. The highest BCUT2D eigenvalue weighted by Gasteiger charge is 2.52. The molecule has 3 amide bonds. The van der Waals surface area contributed by atoms with E-state index in [-0.39, 0.29) is 11.9 Å². The van der Waals surface area contributed by atoms with Crippen LogP contribution in [-0.2, 0) is 4.79 Å². The number of aromatic amines is 1. The zero-order valence-electron chi connectivity index (χ0n) is 15.5. The first kappa shape index (κ1) is 18.1. The van der Waals surface area contributed by atoms with Crippen LogP contribution in [0.4, 0.5) is 10.5 Å². The second kappa shape index (κ2) is 6.69. The summed E-state index contributed by atoms with van der Waals surface area (Å²) in [6, 6.07) is 3.49. The maximum absolute atomic E-state index is 12.9. The van der Waals surface area contributed by atoms with Crippen LogP contribution in [0.2, 0.25) is 5.02 Å². The van der Waals surface area contributed by atoms with Crippen molar-refractivity contribution in [3.05, 3.63) is 23.4 Å². The molecular weight excluding hydrogens is 368 g/mol. The van der Waals surface area contributed by atoms with Crippen LogP contribution in [0.1, 0.15) is 12.8 Å². The van der Waals surface area contributed by atoms with Gasteiger partial charge in [0, 0.05) is 42.3 Å². The average Bonchev–Trinajstić information content (AvgIpc) is 3.17. The van der Waals surface area contributed by atoms with Gasteiger partial charge in [-0.05, 0) is 39.1 Å². The number of likely N-dealkylation sites (N-methyl/N-ethyl adjacent to an activating group) is 1. The van der Waals surface area contributed by atoms with E-state index in [2.05, 4.69) is 20.4 Å². The number of halogens is 1.